The summed E-state index contributed by atoms with van der Waals surface area (Å²) in [5.74, 6) is 0. The maximum absolute atomic E-state index is 3.76. The molecule has 1 rings (SSSR count). The van der Waals surface area contributed by atoms with Crippen LogP contribution in [0.4, 0.5) is 0 Å². The quantitative estimate of drug-likeness (QED) is 0.535. The Hall–Kier alpha value is -0.340. The van der Waals surface area contributed by atoms with E-state index in [0.717, 1.165) is 6.42 Å². The highest BCUT2D eigenvalue weighted by Crippen LogP contribution is 2.19. The number of hydrogen-bond donors (Lipinski definition) is 1. The van der Waals surface area contributed by atoms with Crippen molar-refractivity contribution in [3.05, 3.63) is 12.7 Å². The summed E-state index contributed by atoms with van der Waals surface area (Å²) in [6.07, 6.45) is 8.41. The lowest BCUT2D eigenvalue weighted by atomic mass is 9.90. The van der Waals surface area contributed by atoms with Crippen molar-refractivity contribution in [1.82, 2.24) is 10.2 Å². The fraction of sp³-hybridized carbons (Fsp3) is 0.846. The summed E-state index contributed by atoms with van der Waals surface area (Å²) in [6.45, 7) is 9.66. The molecular weight excluding hydrogens is 184 g/mol. The molecule has 15 heavy (non-hydrogen) atoms. The normalized spacial score (nSPS) is 26.9. The van der Waals surface area contributed by atoms with Gasteiger partial charge in [-0.15, -0.1) is 6.58 Å². The van der Waals surface area contributed by atoms with Crippen molar-refractivity contribution in [2.45, 2.75) is 44.6 Å². The molecule has 0 saturated carbocycles. The fourth-order valence-electron chi connectivity index (χ4n) is 2.43. The third-order valence-electron chi connectivity index (χ3n) is 3.27. The van der Waals surface area contributed by atoms with Gasteiger partial charge in [0.25, 0.3) is 0 Å². The van der Waals surface area contributed by atoms with Gasteiger partial charge in [0.15, 0.2) is 0 Å². The predicted molar refractivity (Wildman–Crippen MR) is 67.2 cm³/mol. The molecule has 88 valence electrons. The van der Waals surface area contributed by atoms with Gasteiger partial charge in [0.05, 0.1) is 0 Å². The van der Waals surface area contributed by atoms with E-state index in [1.807, 2.05) is 6.08 Å². The van der Waals surface area contributed by atoms with Crippen LogP contribution in [-0.2, 0) is 0 Å². The van der Waals surface area contributed by atoms with E-state index in [4.69, 9.17) is 0 Å². The monoisotopic (exact) mass is 210 g/mol. The number of hydrogen-bond acceptors (Lipinski definition) is 2. The minimum Gasteiger partial charge on any atom is -0.310 e. The van der Waals surface area contributed by atoms with E-state index in [1.165, 1.54) is 45.3 Å². The Morgan fingerprint density at radius 3 is 2.87 bits per heavy atom. The highest BCUT2D eigenvalue weighted by Gasteiger charge is 2.26. The number of unbranched alkanes of at least 4 members (excludes halogenated alkanes) is 1. The van der Waals surface area contributed by atoms with Crippen molar-refractivity contribution in [3.63, 3.8) is 0 Å². The molecule has 0 aromatic heterocycles. The minimum absolute atomic E-state index is 0.348. The average molecular weight is 210 g/mol. The second-order valence-electron chi connectivity index (χ2n) is 5.11. The van der Waals surface area contributed by atoms with Crippen molar-refractivity contribution in [2.24, 2.45) is 0 Å². The van der Waals surface area contributed by atoms with Gasteiger partial charge in [0.1, 0.15) is 0 Å². The third-order valence-corrected chi connectivity index (χ3v) is 3.27. The van der Waals surface area contributed by atoms with Crippen molar-refractivity contribution < 1.29 is 0 Å². The van der Waals surface area contributed by atoms with Gasteiger partial charge in [-0.05, 0) is 52.7 Å². The molecule has 1 atom stereocenters. The molecule has 1 aliphatic heterocycles. The average Bonchev–Trinajstić information content (AvgIpc) is 2.18. The number of nitrogens with zero attached hydrogens (tertiary/aromatic N) is 1. The van der Waals surface area contributed by atoms with Gasteiger partial charge in [-0.1, -0.05) is 12.5 Å². The lowest BCUT2D eigenvalue weighted by molar-refractivity contribution is 0.186. The summed E-state index contributed by atoms with van der Waals surface area (Å²) in [4.78, 5) is 2.45. The first-order valence-corrected chi connectivity index (χ1v) is 6.21. The van der Waals surface area contributed by atoms with E-state index in [2.05, 4.69) is 30.8 Å². The largest absolute Gasteiger partial charge is 0.310 e. The van der Waals surface area contributed by atoms with Gasteiger partial charge < -0.3 is 10.2 Å². The Balaban J connectivity index is 2.22. The van der Waals surface area contributed by atoms with Crippen molar-refractivity contribution in [3.8, 4) is 0 Å². The van der Waals surface area contributed by atoms with Gasteiger partial charge >= 0.3 is 0 Å². The Morgan fingerprint density at radius 2 is 2.27 bits per heavy atom. The zero-order valence-corrected chi connectivity index (χ0v) is 10.4. The van der Waals surface area contributed by atoms with E-state index >= 15 is 0 Å². The summed E-state index contributed by atoms with van der Waals surface area (Å²) in [5, 5.41) is 3.65. The summed E-state index contributed by atoms with van der Waals surface area (Å²) >= 11 is 0. The van der Waals surface area contributed by atoms with Crippen molar-refractivity contribution >= 4 is 0 Å². The zero-order chi connectivity index (χ0) is 11.1. The van der Waals surface area contributed by atoms with Gasteiger partial charge in [0.2, 0.25) is 0 Å². The topological polar surface area (TPSA) is 15.3 Å². The molecule has 0 radical (unpaired) electrons. The minimum atomic E-state index is 0.348. The van der Waals surface area contributed by atoms with Crippen LogP contribution >= 0.6 is 0 Å². The van der Waals surface area contributed by atoms with E-state index in [9.17, 15) is 0 Å². The smallest absolute Gasteiger partial charge is 0.0280 e. The second-order valence-corrected chi connectivity index (χ2v) is 5.11. The molecule has 1 N–H and O–H groups in total. The van der Waals surface area contributed by atoms with Crippen LogP contribution in [0, 0.1) is 0 Å². The van der Waals surface area contributed by atoms with Crippen LogP contribution < -0.4 is 5.32 Å². The number of nitrogens with one attached hydrogen (secondary N) is 1. The fourth-order valence-corrected chi connectivity index (χ4v) is 2.43. The third kappa shape index (κ3) is 4.80. The second kappa shape index (κ2) is 6.29. The number of rotatable bonds is 6. The predicted octanol–water partition coefficient (Wildman–Crippen LogP) is 2.42. The standard InChI is InChI=1S/C13H26N2/c1-4-5-8-11-15(3)12-13(2)9-6-7-10-14-13/h4,14H,1,5-12H2,2-3H3. The summed E-state index contributed by atoms with van der Waals surface area (Å²) in [7, 11) is 2.23. The molecule has 0 aliphatic carbocycles. The molecule has 2 heteroatoms. The molecule has 0 amide bonds. The first kappa shape index (κ1) is 12.7. The summed E-state index contributed by atoms with van der Waals surface area (Å²) in [6, 6.07) is 0. The Kier molecular flexibility index (Phi) is 5.34. The van der Waals surface area contributed by atoms with E-state index in [-0.39, 0.29) is 0 Å². The van der Waals surface area contributed by atoms with Gasteiger partial charge in [-0.3, -0.25) is 0 Å². The van der Waals surface area contributed by atoms with E-state index < -0.39 is 0 Å². The molecular formula is C13H26N2. The molecule has 0 aromatic carbocycles. The molecule has 1 fully saturated rings. The van der Waals surface area contributed by atoms with E-state index in [0.29, 0.717) is 5.54 Å². The highest BCUT2D eigenvalue weighted by atomic mass is 15.1. The van der Waals surface area contributed by atoms with Gasteiger partial charge in [-0.25, -0.2) is 0 Å². The Bertz CT molecular complexity index is 183. The molecule has 1 unspecified atom stereocenters. The van der Waals surface area contributed by atoms with Gasteiger partial charge in [0, 0.05) is 12.1 Å². The SMILES string of the molecule is C=CCCCN(C)CC1(C)CCCCN1. The van der Waals surface area contributed by atoms with Crippen LogP contribution in [0.25, 0.3) is 0 Å². The molecule has 0 bridgehead atoms. The van der Waals surface area contributed by atoms with Crippen LogP contribution in [0.2, 0.25) is 0 Å². The van der Waals surface area contributed by atoms with Crippen LogP contribution in [-0.4, -0.2) is 37.1 Å². The highest BCUT2D eigenvalue weighted by molar-refractivity contribution is 4.88. The Morgan fingerprint density at radius 1 is 1.47 bits per heavy atom. The molecule has 2 nitrogen and oxygen atoms in total. The first-order chi connectivity index (χ1) is 7.16. The lowest BCUT2D eigenvalue weighted by Crippen LogP contribution is -2.53. The first-order valence-electron chi connectivity index (χ1n) is 6.21. The summed E-state index contributed by atoms with van der Waals surface area (Å²) in [5.41, 5.74) is 0.348. The number of likely N-dealkylation sites (N-methyl/N-ethyl adjacent to an activating group) is 1. The summed E-state index contributed by atoms with van der Waals surface area (Å²) < 4.78 is 0. The number of piperidine rings is 1. The van der Waals surface area contributed by atoms with Crippen LogP contribution in [0.15, 0.2) is 12.7 Å². The maximum Gasteiger partial charge on any atom is 0.0280 e. The molecule has 0 aromatic rings. The van der Waals surface area contributed by atoms with Crippen LogP contribution in [0.3, 0.4) is 0 Å². The molecule has 0 spiro atoms. The van der Waals surface area contributed by atoms with Gasteiger partial charge in [-0.2, -0.15) is 0 Å². The van der Waals surface area contributed by atoms with Crippen molar-refractivity contribution in [1.29, 1.82) is 0 Å². The van der Waals surface area contributed by atoms with Crippen LogP contribution in [0.5, 0.6) is 0 Å². The molecule has 1 aliphatic rings. The molecule has 1 saturated heterocycles. The maximum atomic E-state index is 3.76. The van der Waals surface area contributed by atoms with Crippen molar-refractivity contribution in [2.75, 3.05) is 26.7 Å². The lowest BCUT2D eigenvalue weighted by Gasteiger charge is -2.38. The van der Waals surface area contributed by atoms with E-state index in [1.54, 1.807) is 0 Å². The zero-order valence-electron chi connectivity index (χ0n) is 10.4. The Labute approximate surface area is 94.7 Å². The van der Waals surface area contributed by atoms with Crippen LogP contribution in [0.1, 0.15) is 39.0 Å². The molecule has 1 heterocycles. The number of allylic oxidation sites excluding steroid dienone is 1.